The Hall–Kier alpha value is -1.88. The molecule has 0 aromatic heterocycles. The number of anilines is 1. The third kappa shape index (κ3) is 2.21. The van der Waals surface area contributed by atoms with Crippen LogP contribution in [0.2, 0.25) is 0 Å². The van der Waals surface area contributed by atoms with Gasteiger partial charge in [0, 0.05) is 18.7 Å². The maximum Gasteiger partial charge on any atom is 0.335 e. The molecule has 19 heavy (non-hydrogen) atoms. The molecule has 0 bridgehead atoms. The fourth-order valence-corrected chi connectivity index (χ4v) is 2.64. The first-order valence-corrected chi connectivity index (χ1v) is 6.52. The van der Waals surface area contributed by atoms with E-state index in [9.17, 15) is 9.59 Å². The van der Waals surface area contributed by atoms with Crippen molar-refractivity contribution in [2.24, 2.45) is 5.92 Å². The summed E-state index contributed by atoms with van der Waals surface area (Å²) in [5, 5.41) is 12.1. The first kappa shape index (κ1) is 12.2. The first-order valence-electron chi connectivity index (χ1n) is 6.52. The number of nitrogens with one attached hydrogen (secondary N) is 1. The van der Waals surface area contributed by atoms with Gasteiger partial charge in [-0.15, -0.1) is 0 Å². The summed E-state index contributed by atoms with van der Waals surface area (Å²) in [4.78, 5) is 24.9. The number of carbonyl (C=O) groups is 2. The molecule has 2 aliphatic rings. The lowest BCUT2D eigenvalue weighted by atomic mass is 9.98. The topological polar surface area (TPSA) is 69.6 Å². The number of aromatic carboxylic acids is 1. The zero-order chi connectivity index (χ0) is 13.4. The molecule has 0 spiro atoms. The fraction of sp³-hybridized carbons (Fsp3) is 0.429. The summed E-state index contributed by atoms with van der Waals surface area (Å²) in [6, 6.07) is 5.00. The Morgan fingerprint density at radius 2 is 2.16 bits per heavy atom. The summed E-state index contributed by atoms with van der Waals surface area (Å²) in [6.07, 6.45) is 1.32. The van der Waals surface area contributed by atoms with Crippen molar-refractivity contribution in [2.45, 2.75) is 12.8 Å². The van der Waals surface area contributed by atoms with E-state index in [1.807, 2.05) is 0 Å². The van der Waals surface area contributed by atoms with E-state index in [0.29, 0.717) is 18.9 Å². The standard InChI is InChI=1S/C14H16N2O3/c17-13(5-9-7-15-8-9)16-4-3-10-6-11(14(18)19)1-2-12(10)16/h1-2,6,9,15H,3-5,7-8H2,(H,18,19). The van der Waals surface area contributed by atoms with Crippen LogP contribution in [-0.2, 0) is 11.2 Å². The van der Waals surface area contributed by atoms with Crippen LogP contribution in [0, 0.1) is 5.92 Å². The Balaban J connectivity index is 1.77. The molecular weight excluding hydrogens is 244 g/mol. The molecule has 5 nitrogen and oxygen atoms in total. The number of carbonyl (C=O) groups excluding carboxylic acids is 1. The molecule has 0 radical (unpaired) electrons. The molecule has 0 aliphatic carbocycles. The summed E-state index contributed by atoms with van der Waals surface area (Å²) >= 11 is 0. The van der Waals surface area contributed by atoms with Crippen LogP contribution in [0.3, 0.4) is 0 Å². The molecule has 3 rings (SSSR count). The van der Waals surface area contributed by atoms with Gasteiger partial charge in [-0.2, -0.15) is 0 Å². The van der Waals surface area contributed by atoms with E-state index in [-0.39, 0.29) is 11.5 Å². The Morgan fingerprint density at radius 1 is 1.37 bits per heavy atom. The SMILES string of the molecule is O=C(O)c1ccc2c(c1)CCN2C(=O)CC1CNC1. The molecule has 2 heterocycles. The molecule has 0 unspecified atom stereocenters. The number of benzene rings is 1. The fourth-order valence-electron chi connectivity index (χ4n) is 2.64. The van der Waals surface area contributed by atoms with Gasteiger partial charge in [0.05, 0.1) is 5.56 Å². The molecule has 1 aromatic rings. The number of rotatable bonds is 3. The summed E-state index contributed by atoms with van der Waals surface area (Å²) in [5.41, 5.74) is 2.12. The van der Waals surface area contributed by atoms with Gasteiger partial charge in [0.2, 0.25) is 5.91 Å². The highest BCUT2D eigenvalue weighted by Crippen LogP contribution is 2.30. The Bertz CT molecular complexity index is 537. The monoisotopic (exact) mass is 260 g/mol. The lowest BCUT2D eigenvalue weighted by Crippen LogP contribution is -2.45. The van der Waals surface area contributed by atoms with E-state index < -0.39 is 5.97 Å². The van der Waals surface area contributed by atoms with Crippen molar-refractivity contribution in [3.8, 4) is 0 Å². The van der Waals surface area contributed by atoms with Crippen LogP contribution >= 0.6 is 0 Å². The van der Waals surface area contributed by atoms with Gasteiger partial charge in [0.25, 0.3) is 0 Å². The molecule has 5 heteroatoms. The van der Waals surface area contributed by atoms with Crippen LogP contribution in [0.1, 0.15) is 22.3 Å². The maximum absolute atomic E-state index is 12.2. The summed E-state index contributed by atoms with van der Waals surface area (Å²) in [7, 11) is 0. The molecule has 1 aromatic carbocycles. The van der Waals surface area contributed by atoms with Crippen molar-refractivity contribution in [1.82, 2.24) is 5.32 Å². The largest absolute Gasteiger partial charge is 0.478 e. The van der Waals surface area contributed by atoms with Crippen molar-refractivity contribution in [3.63, 3.8) is 0 Å². The van der Waals surface area contributed by atoms with E-state index in [1.165, 1.54) is 0 Å². The summed E-state index contributed by atoms with van der Waals surface area (Å²) in [5.74, 6) is -0.323. The Labute approximate surface area is 111 Å². The average molecular weight is 260 g/mol. The zero-order valence-corrected chi connectivity index (χ0v) is 10.6. The van der Waals surface area contributed by atoms with E-state index >= 15 is 0 Å². The van der Waals surface area contributed by atoms with Gasteiger partial charge in [0.15, 0.2) is 0 Å². The van der Waals surface area contributed by atoms with Gasteiger partial charge in [0.1, 0.15) is 0 Å². The van der Waals surface area contributed by atoms with Gasteiger partial charge in [-0.3, -0.25) is 4.79 Å². The van der Waals surface area contributed by atoms with Gasteiger partial charge >= 0.3 is 5.97 Å². The van der Waals surface area contributed by atoms with Crippen LogP contribution in [0.4, 0.5) is 5.69 Å². The molecule has 1 amide bonds. The van der Waals surface area contributed by atoms with E-state index in [1.54, 1.807) is 23.1 Å². The second kappa shape index (κ2) is 4.66. The molecule has 0 saturated carbocycles. The third-order valence-electron chi connectivity index (χ3n) is 3.85. The van der Waals surface area contributed by atoms with Crippen molar-refractivity contribution in [3.05, 3.63) is 29.3 Å². The molecular formula is C14H16N2O3. The summed E-state index contributed by atoms with van der Waals surface area (Å²) < 4.78 is 0. The smallest absolute Gasteiger partial charge is 0.335 e. The molecule has 1 fully saturated rings. The van der Waals surface area contributed by atoms with Gasteiger partial charge < -0.3 is 15.3 Å². The van der Waals surface area contributed by atoms with Crippen molar-refractivity contribution >= 4 is 17.6 Å². The second-order valence-electron chi connectivity index (χ2n) is 5.17. The van der Waals surface area contributed by atoms with Crippen LogP contribution in [0.5, 0.6) is 0 Å². The predicted octanol–water partition coefficient (Wildman–Crippen LogP) is 0.883. The average Bonchev–Trinajstić information content (AvgIpc) is 2.76. The maximum atomic E-state index is 12.2. The number of fused-ring (bicyclic) bond motifs is 1. The van der Waals surface area contributed by atoms with E-state index in [4.69, 9.17) is 5.11 Å². The van der Waals surface area contributed by atoms with Gasteiger partial charge in [-0.05, 0) is 49.2 Å². The number of amides is 1. The quantitative estimate of drug-likeness (QED) is 0.846. The zero-order valence-electron chi connectivity index (χ0n) is 10.6. The third-order valence-corrected chi connectivity index (χ3v) is 3.85. The molecule has 2 aliphatic heterocycles. The highest BCUT2D eigenvalue weighted by Gasteiger charge is 2.28. The van der Waals surface area contributed by atoms with Crippen molar-refractivity contribution in [1.29, 1.82) is 0 Å². The van der Waals surface area contributed by atoms with Gasteiger partial charge in [-0.1, -0.05) is 0 Å². The molecule has 100 valence electrons. The van der Waals surface area contributed by atoms with Crippen LogP contribution in [0.25, 0.3) is 0 Å². The number of hydrogen-bond acceptors (Lipinski definition) is 3. The van der Waals surface area contributed by atoms with Gasteiger partial charge in [-0.25, -0.2) is 4.79 Å². The molecule has 0 atom stereocenters. The Morgan fingerprint density at radius 3 is 2.79 bits per heavy atom. The highest BCUT2D eigenvalue weighted by molar-refractivity contribution is 5.97. The van der Waals surface area contributed by atoms with Crippen LogP contribution in [-0.4, -0.2) is 36.6 Å². The minimum Gasteiger partial charge on any atom is -0.478 e. The molecule has 1 saturated heterocycles. The number of carboxylic acid groups (broad SMARTS) is 1. The minimum absolute atomic E-state index is 0.147. The number of hydrogen-bond donors (Lipinski definition) is 2. The predicted molar refractivity (Wildman–Crippen MR) is 70.4 cm³/mol. The van der Waals surface area contributed by atoms with E-state index in [2.05, 4.69) is 5.32 Å². The lowest BCUT2D eigenvalue weighted by molar-refractivity contribution is -0.119. The summed E-state index contributed by atoms with van der Waals surface area (Å²) in [6.45, 7) is 2.51. The van der Waals surface area contributed by atoms with E-state index in [0.717, 1.165) is 30.8 Å². The second-order valence-corrected chi connectivity index (χ2v) is 5.17. The number of nitrogens with zero attached hydrogens (tertiary/aromatic N) is 1. The Kier molecular flexibility index (Phi) is 2.98. The van der Waals surface area contributed by atoms with Crippen molar-refractivity contribution < 1.29 is 14.7 Å². The van der Waals surface area contributed by atoms with Crippen LogP contribution in [0.15, 0.2) is 18.2 Å². The minimum atomic E-state index is -0.923. The number of carboxylic acids is 1. The van der Waals surface area contributed by atoms with Crippen LogP contribution < -0.4 is 10.2 Å². The highest BCUT2D eigenvalue weighted by atomic mass is 16.4. The van der Waals surface area contributed by atoms with Crippen molar-refractivity contribution in [2.75, 3.05) is 24.5 Å². The normalized spacial score (nSPS) is 18.0. The molecule has 2 N–H and O–H groups in total. The first-order chi connectivity index (χ1) is 9.15. The lowest BCUT2D eigenvalue weighted by Gasteiger charge is -2.28.